The molecule has 0 unspecified atom stereocenters. The number of rotatable bonds is 3. The number of carboxylic acids is 1. The highest BCUT2D eigenvalue weighted by atomic mass is 16.4. The Kier molecular flexibility index (Phi) is 3.28. The van der Waals surface area contributed by atoms with Gasteiger partial charge in [0, 0.05) is 22.5 Å². The van der Waals surface area contributed by atoms with Crippen LogP contribution in [0.4, 0.5) is 11.4 Å². The van der Waals surface area contributed by atoms with E-state index in [-0.39, 0.29) is 5.56 Å². The van der Waals surface area contributed by atoms with Crippen molar-refractivity contribution in [1.29, 1.82) is 0 Å². The third-order valence-corrected chi connectivity index (χ3v) is 3.25. The molecule has 21 heavy (non-hydrogen) atoms. The number of aryl methyl sites for hydroxylation is 1. The first-order chi connectivity index (χ1) is 10.1. The molecule has 0 atom stereocenters. The number of aromatic carboxylic acids is 1. The van der Waals surface area contributed by atoms with Gasteiger partial charge in [0.05, 0.1) is 11.1 Å². The van der Waals surface area contributed by atoms with E-state index < -0.39 is 5.97 Å². The third kappa shape index (κ3) is 2.56. The number of carbonyl (C=O) groups is 1. The van der Waals surface area contributed by atoms with Crippen molar-refractivity contribution in [2.45, 2.75) is 6.92 Å². The fourth-order valence-electron chi connectivity index (χ4n) is 2.33. The predicted molar refractivity (Wildman–Crippen MR) is 83.2 cm³/mol. The summed E-state index contributed by atoms with van der Waals surface area (Å²) in [7, 11) is 0. The van der Waals surface area contributed by atoms with Crippen molar-refractivity contribution in [2.24, 2.45) is 0 Å². The van der Waals surface area contributed by atoms with Gasteiger partial charge < -0.3 is 10.4 Å². The molecule has 0 aliphatic heterocycles. The van der Waals surface area contributed by atoms with Gasteiger partial charge in [0.15, 0.2) is 0 Å². The van der Waals surface area contributed by atoms with Crippen LogP contribution < -0.4 is 5.32 Å². The summed E-state index contributed by atoms with van der Waals surface area (Å²) in [6.07, 6.45) is 0. The monoisotopic (exact) mass is 278 g/mol. The number of benzene rings is 2. The second kappa shape index (κ2) is 5.25. The first-order valence-corrected chi connectivity index (χ1v) is 6.61. The molecule has 0 bridgehead atoms. The zero-order valence-electron chi connectivity index (χ0n) is 11.5. The van der Waals surface area contributed by atoms with E-state index in [9.17, 15) is 9.90 Å². The maximum absolute atomic E-state index is 11.3. The van der Waals surface area contributed by atoms with Crippen molar-refractivity contribution >= 4 is 28.2 Å². The van der Waals surface area contributed by atoms with Gasteiger partial charge in [-0.2, -0.15) is 0 Å². The number of carboxylic acid groups (broad SMARTS) is 1. The normalized spacial score (nSPS) is 10.5. The van der Waals surface area contributed by atoms with Crippen molar-refractivity contribution in [1.82, 2.24) is 4.98 Å². The lowest BCUT2D eigenvalue weighted by Gasteiger charge is -2.12. The summed E-state index contributed by atoms with van der Waals surface area (Å²) < 4.78 is 0. The Morgan fingerprint density at radius 3 is 2.57 bits per heavy atom. The van der Waals surface area contributed by atoms with Gasteiger partial charge in [-0.05, 0) is 31.2 Å². The summed E-state index contributed by atoms with van der Waals surface area (Å²) in [6.45, 7) is 1.86. The Labute approximate surface area is 122 Å². The molecular formula is C17H14N2O2. The Hall–Kier alpha value is -2.88. The van der Waals surface area contributed by atoms with Gasteiger partial charge in [-0.25, -0.2) is 4.79 Å². The fraction of sp³-hybridized carbons (Fsp3) is 0.0588. The van der Waals surface area contributed by atoms with E-state index >= 15 is 0 Å². The number of hydrogen-bond donors (Lipinski definition) is 2. The fourth-order valence-corrected chi connectivity index (χ4v) is 2.33. The molecule has 1 heterocycles. The van der Waals surface area contributed by atoms with Crippen LogP contribution in [0.5, 0.6) is 0 Å². The van der Waals surface area contributed by atoms with Crippen molar-refractivity contribution in [3.05, 3.63) is 65.9 Å². The Balaban J connectivity index is 2.19. The van der Waals surface area contributed by atoms with Gasteiger partial charge in [0.2, 0.25) is 0 Å². The number of para-hydroxylation sites is 2. The quantitative estimate of drug-likeness (QED) is 0.760. The van der Waals surface area contributed by atoms with Gasteiger partial charge in [-0.1, -0.05) is 30.3 Å². The lowest BCUT2D eigenvalue weighted by atomic mass is 10.1. The van der Waals surface area contributed by atoms with Gasteiger partial charge in [-0.3, -0.25) is 4.98 Å². The van der Waals surface area contributed by atoms with Crippen LogP contribution in [-0.4, -0.2) is 16.1 Å². The highest BCUT2D eigenvalue weighted by molar-refractivity contribution is 6.05. The van der Waals surface area contributed by atoms with Crippen LogP contribution in [0.3, 0.4) is 0 Å². The van der Waals surface area contributed by atoms with E-state index in [0.717, 1.165) is 22.5 Å². The van der Waals surface area contributed by atoms with Gasteiger partial charge in [0.1, 0.15) is 0 Å². The molecule has 0 aliphatic carbocycles. The van der Waals surface area contributed by atoms with Crippen molar-refractivity contribution in [2.75, 3.05) is 5.32 Å². The molecule has 0 aliphatic rings. The summed E-state index contributed by atoms with van der Waals surface area (Å²) in [5, 5.41) is 13.4. The first kappa shape index (κ1) is 13.1. The lowest BCUT2D eigenvalue weighted by molar-refractivity contribution is 0.0699. The molecule has 2 aromatic carbocycles. The number of aromatic nitrogens is 1. The molecule has 1 aromatic heterocycles. The number of fused-ring (bicyclic) bond motifs is 1. The maximum atomic E-state index is 11.3. The molecule has 0 radical (unpaired) electrons. The molecule has 4 heteroatoms. The van der Waals surface area contributed by atoms with Crippen molar-refractivity contribution in [3.8, 4) is 0 Å². The van der Waals surface area contributed by atoms with E-state index in [1.165, 1.54) is 0 Å². The smallest absolute Gasteiger partial charge is 0.337 e. The summed E-state index contributed by atoms with van der Waals surface area (Å²) in [6, 6.07) is 16.9. The van der Waals surface area contributed by atoms with Gasteiger partial charge in [0.25, 0.3) is 0 Å². The number of nitrogens with one attached hydrogen (secondary N) is 1. The molecule has 2 N–H and O–H groups in total. The SMILES string of the molecule is Cc1cc(Nc2ccccc2)c2cccc(C(=O)O)c2n1. The summed E-state index contributed by atoms with van der Waals surface area (Å²) in [5.41, 5.74) is 3.29. The number of nitrogens with zero attached hydrogens (tertiary/aromatic N) is 1. The van der Waals surface area contributed by atoms with Crippen LogP contribution >= 0.6 is 0 Å². The van der Waals surface area contributed by atoms with Crippen LogP contribution in [0.25, 0.3) is 10.9 Å². The average molecular weight is 278 g/mol. The van der Waals surface area contributed by atoms with Crippen LogP contribution in [-0.2, 0) is 0 Å². The molecule has 3 aromatic rings. The maximum Gasteiger partial charge on any atom is 0.337 e. The van der Waals surface area contributed by atoms with Crippen LogP contribution in [0.1, 0.15) is 16.1 Å². The standard InChI is InChI=1S/C17H14N2O2/c1-11-10-15(19-12-6-3-2-4-7-12)13-8-5-9-14(17(20)21)16(13)18-11/h2-10H,1H3,(H,18,19)(H,20,21). The molecule has 4 nitrogen and oxygen atoms in total. The molecule has 0 spiro atoms. The minimum atomic E-state index is -0.968. The number of pyridine rings is 1. The largest absolute Gasteiger partial charge is 0.478 e. The van der Waals surface area contributed by atoms with Crippen LogP contribution in [0.2, 0.25) is 0 Å². The van der Waals surface area contributed by atoms with Gasteiger partial charge >= 0.3 is 5.97 Å². The van der Waals surface area contributed by atoms with E-state index in [1.54, 1.807) is 12.1 Å². The first-order valence-electron chi connectivity index (χ1n) is 6.61. The zero-order chi connectivity index (χ0) is 14.8. The number of hydrogen-bond acceptors (Lipinski definition) is 3. The van der Waals surface area contributed by atoms with Gasteiger partial charge in [-0.15, -0.1) is 0 Å². The molecule has 0 saturated carbocycles. The molecule has 3 rings (SSSR count). The summed E-state index contributed by atoms with van der Waals surface area (Å²) in [5.74, 6) is -0.968. The van der Waals surface area contributed by atoms with E-state index in [4.69, 9.17) is 0 Å². The predicted octanol–water partition coefficient (Wildman–Crippen LogP) is 3.99. The third-order valence-electron chi connectivity index (χ3n) is 3.25. The zero-order valence-corrected chi connectivity index (χ0v) is 11.5. The van der Waals surface area contributed by atoms with Crippen LogP contribution in [0, 0.1) is 6.92 Å². The minimum absolute atomic E-state index is 0.215. The topological polar surface area (TPSA) is 62.2 Å². The van der Waals surface area contributed by atoms with E-state index in [2.05, 4.69) is 10.3 Å². The lowest BCUT2D eigenvalue weighted by Crippen LogP contribution is -2.01. The molecule has 0 amide bonds. The highest BCUT2D eigenvalue weighted by Gasteiger charge is 2.12. The number of anilines is 2. The van der Waals surface area contributed by atoms with Crippen LogP contribution in [0.15, 0.2) is 54.6 Å². The Bertz CT molecular complexity index is 814. The molecule has 0 fully saturated rings. The van der Waals surface area contributed by atoms with Crippen molar-refractivity contribution in [3.63, 3.8) is 0 Å². The molecule has 0 saturated heterocycles. The second-order valence-electron chi connectivity index (χ2n) is 4.81. The summed E-state index contributed by atoms with van der Waals surface area (Å²) in [4.78, 5) is 15.7. The minimum Gasteiger partial charge on any atom is -0.478 e. The molecular weight excluding hydrogens is 264 g/mol. The van der Waals surface area contributed by atoms with E-state index in [0.29, 0.717) is 5.52 Å². The van der Waals surface area contributed by atoms with E-state index in [1.807, 2.05) is 49.4 Å². The summed E-state index contributed by atoms with van der Waals surface area (Å²) >= 11 is 0. The highest BCUT2D eigenvalue weighted by Crippen LogP contribution is 2.28. The Morgan fingerprint density at radius 1 is 1.10 bits per heavy atom. The molecule has 104 valence electrons. The Morgan fingerprint density at radius 2 is 1.86 bits per heavy atom. The van der Waals surface area contributed by atoms with Crippen molar-refractivity contribution < 1.29 is 9.90 Å². The average Bonchev–Trinajstić information content (AvgIpc) is 2.47. The second-order valence-corrected chi connectivity index (χ2v) is 4.81.